The van der Waals surface area contributed by atoms with Gasteiger partial charge in [-0.05, 0) is 12.8 Å². The van der Waals surface area contributed by atoms with Crippen molar-refractivity contribution in [2.75, 3.05) is 6.54 Å². The molecule has 1 aliphatic rings. The highest BCUT2D eigenvalue weighted by atomic mass is 16.2. The predicted molar refractivity (Wildman–Crippen MR) is 67.5 cm³/mol. The molecule has 0 aromatic carbocycles. The van der Waals surface area contributed by atoms with E-state index >= 15 is 0 Å². The van der Waals surface area contributed by atoms with Crippen LogP contribution in [0.4, 0.5) is 0 Å². The Labute approximate surface area is 104 Å². The zero-order valence-electron chi connectivity index (χ0n) is 10.9. The molecule has 98 valence electrons. The molecule has 1 rings (SSSR count). The van der Waals surface area contributed by atoms with Crippen molar-refractivity contribution in [1.29, 1.82) is 0 Å². The molecule has 1 saturated heterocycles. The van der Waals surface area contributed by atoms with Gasteiger partial charge in [-0.25, -0.2) is 0 Å². The van der Waals surface area contributed by atoms with Crippen molar-refractivity contribution >= 4 is 11.8 Å². The maximum atomic E-state index is 11.9. The van der Waals surface area contributed by atoms with E-state index in [1.54, 1.807) is 0 Å². The molecule has 1 aliphatic heterocycles. The lowest BCUT2D eigenvalue weighted by atomic mass is 10.0. The van der Waals surface area contributed by atoms with Crippen molar-refractivity contribution < 1.29 is 9.59 Å². The number of hydrogen-bond donors (Lipinski definition) is 2. The van der Waals surface area contributed by atoms with Crippen molar-refractivity contribution in [3.8, 4) is 0 Å². The smallest absolute Gasteiger partial charge is 0.225 e. The molecule has 0 saturated carbocycles. The third kappa shape index (κ3) is 4.75. The van der Waals surface area contributed by atoms with Gasteiger partial charge in [0.15, 0.2) is 0 Å². The Bertz CT molecular complexity index is 266. The third-order valence-electron chi connectivity index (χ3n) is 3.24. The Morgan fingerprint density at radius 3 is 2.71 bits per heavy atom. The SMILES string of the molecule is CCCCC(CCC)NC(=O)C1CNC(=O)C1. The first-order valence-corrected chi connectivity index (χ1v) is 6.74. The highest BCUT2D eigenvalue weighted by Crippen LogP contribution is 2.12. The summed E-state index contributed by atoms with van der Waals surface area (Å²) in [4.78, 5) is 23.0. The van der Waals surface area contributed by atoms with Crippen LogP contribution in [0.1, 0.15) is 52.4 Å². The van der Waals surface area contributed by atoms with Crippen LogP contribution >= 0.6 is 0 Å². The molecule has 2 N–H and O–H groups in total. The molecule has 1 fully saturated rings. The fourth-order valence-electron chi connectivity index (χ4n) is 2.20. The van der Waals surface area contributed by atoms with Gasteiger partial charge in [0.05, 0.1) is 5.92 Å². The van der Waals surface area contributed by atoms with Crippen molar-refractivity contribution in [3.05, 3.63) is 0 Å². The van der Waals surface area contributed by atoms with Gasteiger partial charge in [0.2, 0.25) is 11.8 Å². The zero-order valence-corrected chi connectivity index (χ0v) is 10.9. The molecule has 2 atom stereocenters. The molecule has 1 heterocycles. The highest BCUT2D eigenvalue weighted by molar-refractivity contribution is 5.89. The van der Waals surface area contributed by atoms with E-state index in [9.17, 15) is 9.59 Å². The van der Waals surface area contributed by atoms with Gasteiger partial charge in [-0.2, -0.15) is 0 Å². The second-order valence-corrected chi connectivity index (χ2v) is 4.84. The summed E-state index contributed by atoms with van der Waals surface area (Å²) in [5, 5.41) is 5.78. The van der Waals surface area contributed by atoms with Crippen LogP contribution in [0.2, 0.25) is 0 Å². The molecule has 0 aliphatic carbocycles. The molecule has 0 aromatic rings. The van der Waals surface area contributed by atoms with Crippen molar-refractivity contribution in [2.24, 2.45) is 5.92 Å². The molecule has 0 spiro atoms. The van der Waals surface area contributed by atoms with E-state index in [-0.39, 0.29) is 23.8 Å². The van der Waals surface area contributed by atoms with Gasteiger partial charge in [-0.3, -0.25) is 9.59 Å². The fourth-order valence-corrected chi connectivity index (χ4v) is 2.20. The van der Waals surface area contributed by atoms with Crippen LogP contribution in [-0.2, 0) is 9.59 Å². The van der Waals surface area contributed by atoms with Gasteiger partial charge in [0, 0.05) is 19.0 Å². The first kappa shape index (κ1) is 14.0. The normalized spacial score (nSPS) is 21.1. The largest absolute Gasteiger partial charge is 0.355 e. The summed E-state index contributed by atoms with van der Waals surface area (Å²) in [5.74, 6) is -0.132. The van der Waals surface area contributed by atoms with Crippen LogP contribution in [0.25, 0.3) is 0 Å². The van der Waals surface area contributed by atoms with E-state index in [2.05, 4.69) is 24.5 Å². The van der Waals surface area contributed by atoms with E-state index < -0.39 is 0 Å². The van der Waals surface area contributed by atoms with Gasteiger partial charge >= 0.3 is 0 Å². The maximum Gasteiger partial charge on any atom is 0.225 e. The minimum atomic E-state index is -0.163. The summed E-state index contributed by atoms with van der Waals surface area (Å²) in [7, 11) is 0. The Morgan fingerprint density at radius 1 is 1.41 bits per heavy atom. The first-order chi connectivity index (χ1) is 8.17. The minimum absolute atomic E-state index is 0.00857. The molecule has 2 amide bonds. The Kier molecular flexibility index (Phi) is 6.01. The zero-order chi connectivity index (χ0) is 12.7. The molecule has 17 heavy (non-hydrogen) atoms. The van der Waals surface area contributed by atoms with Crippen LogP contribution in [-0.4, -0.2) is 24.4 Å². The highest BCUT2D eigenvalue weighted by Gasteiger charge is 2.28. The second-order valence-electron chi connectivity index (χ2n) is 4.84. The van der Waals surface area contributed by atoms with E-state index in [0.717, 1.165) is 32.1 Å². The summed E-state index contributed by atoms with van der Waals surface area (Å²) in [6.45, 7) is 4.79. The number of unbranched alkanes of at least 4 members (excludes halogenated alkanes) is 1. The summed E-state index contributed by atoms with van der Waals surface area (Å²) >= 11 is 0. The Morgan fingerprint density at radius 2 is 2.18 bits per heavy atom. The van der Waals surface area contributed by atoms with E-state index in [1.807, 2.05) is 0 Å². The van der Waals surface area contributed by atoms with Gasteiger partial charge in [0.1, 0.15) is 0 Å². The average molecular weight is 240 g/mol. The van der Waals surface area contributed by atoms with Crippen LogP contribution in [0, 0.1) is 5.92 Å². The number of hydrogen-bond acceptors (Lipinski definition) is 2. The summed E-state index contributed by atoms with van der Waals surface area (Å²) in [6, 6.07) is 0.281. The second kappa shape index (κ2) is 7.30. The third-order valence-corrected chi connectivity index (χ3v) is 3.24. The van der Waals surface area contributed by atoms with Gasteiger partial charge < -0.3 is 10.6 Å². The van der Waals surface area contributed by atoms with E-state index in [0.29, 0.717) is 13.0 Å². The monoisotopic (exact) mass is 240 g/mol. The summed E-state index contributed by atoms with van der Waals surface area (Å²) in [6.07, 6.45) is 5.80. The van der Waals surface area contributed by atoms with Crippen molar-refractivity contribution in [3.63, 3.8) is 0 Å². The lowest BCUT2D eigenvalue weighted by molar-refractivity contribution is -0.127. The minimum Gasteiger partial charge on any atom is -0.355 e. The van der Waals surface area contributed by atoms with Crippen molar-refractivity contribution in [1.82, 2.24) is 10.6 Å². The molecular formula is C13H24N2O2. The molecule has 4 nitrogen and oxygen atoms in total. The summed E-state index contributed by atoms with van der Waals surface area (Å²) in [5.41, 5.74) is 0. The standard InChI is InChI=1S/C13H24N2O2/c1-3-5-7-11(6-4-2)15-13(17)10-8-12(16)14-9-10/h10-11H,3-9H2,1-2H3,(H,14,16)(H,15,17). The molecular weight excluding hydrogens is 216 g/mol. The Hall–Kier alpha value is -1.06. The molecule has 4 heteroatoms. The lowest BCUT2D eigenvalue weighted by Gasteiger charge is -2.19. The summed E-state index contributed by atoms with van der Waals surface area (Å²) < 4.78 is 0. The van der Waals surface area contributed by atoms with Gasteiger partial charge in [-0.1, -0.05) is 33.1 Å². The van der Waals surface area contributed by atoms with Crippen LogP contribution < -0.4 is 10.6 Å². The number of amides is 2. The maximum absolute atomic E-state index is 11.9. The predicted octanol–water partition coefficient (Wildman–Crippen LogP) is 1.60. The fraction of sp³-hybridized carbons (Fsp3) is 0.846. The topological polar surface area (TPSA) is 58.2 Å². The van der Waals surface area contributed by atoms with Crippen LogP contribution in [0.5, 0.6) is 0 Å². The van der Waals surface area contributed by atoms with E-state index in [4.69, 9.17) is 0 Å². The molecule has 0 radical (unpaired) electrons. The van der Waals surface area contributed by atoms with Gasteiger partial charge in [0.25, 0.3) is 0 Å². The number of carbonyl (C=O) groups excluding carboxylic acids is 2. The number of rotatable bonds is 7. The molecule has 0 bridgehead atoms. The number of carbonyl (C=O) groups is 2. The van der Waals surface area contributed by atoms with E-state index in [1.165, 1.54) is 0 Å². The van der Waals surface area contributed by atoms with Gasteiger partial charge in [-0.15, -0.1) is 0 Å². The lowest BCUT2D eigenvalue weighted by Crippen LogP contribution is -2.39. The number of nitrogens with one attached hydrogen (secondary N) is 2. The average Bonchev–Trinajstić information content (AvgIpc) is 2.73. The molecule has 2 unspecified atom stereocenters. The Balaban J connectivity index is 2.37. The quantitative estimate of drug-likeness (QED) is 0.710. The van der Waals surface area contributed by atoms with Crippen LogP contribution in [0.15, 0.2) is 0 Å². The molecule has 0 aromatic heterocycles. The van der Waals surface area contributed by atoms with Crippen molar-refractivity contribution in [2.45, 2.75) is 58.4 Å². The first-order valence-electron chi connectivity index (χ1n) is 6.74. The van der Waals surface area contributed by atoms with Crippen LogP contribution in [0.3, 0.4) is 0 Å².